The zero-order valence-electron chi connectivity index (χ0n) is 11.4. The summed E-state index contributed by atoms with van der Waals surface area (Å²) in [6.45, 7) is 1.55. The van der Waals surface area contributed by atoms with Gasteiger partial charge in [0.1, 0.15) is 0 Å². The van der Waals surface area contributed by atoms with E-state index in [0.717, 1.165) is 19.4 Å². The lowest BCUT2D eigenvalue weighted by molar-refractivity contribution is 0.0953. The van der Waals surface area contributed by atoms with Gasteiger partial charge in [0.25, 0.3) is 5.91 Å². The summed E-state index contributed by atoms with van der Waals surface area (Å²) in [5.41, 5.74) is 3.32. The number of nitrogens with one attached hydrogen (secondary N) is 1. The van der Waals surface area contributed by atoms with Crippen LogP contribution in [0.2, 0.25) is 0 Å². The maximum atomic E-state index is 12.1. The lowest BCUT2D eigenvalue weighted by atomic mass is 10.0. The molecule has 0 saturated carbocycles. The minimum absolute atomic E-state index is 0.0198. The van der Waals surface area contributed by atoms with E-state index < -0.39 is 0 Å². The Bertz CT molecular complexity index is 595. The number of hydrogen-bond donors (Lipinski definition) is 1. The molecule has 0 radical (unpaired) electrons. The van der Waals surface area contributed by atoms with Gasteiger partial charge in [-0.2, -0.15) is 0 Å². The first-order valence-electron chi connectivity index (χ1n) is 7.01. The lowest BCUT2D eigenvalue weighted by Gasteiger charge is -2.31. The molecule has 0 atom stereocenters. The minimum Gasteiger partial charge on any atom is -0.354 e. The van der Waals surface area contributed by atoms with E-state index >= 15 is 0 Å². The molecule has 20 heavy (non-hydrogen) atoms. The molecule has 3 rings (SSSR count). The molecular formula is C17H18N2O. The van der Waals surface area contributed by atoms with Crippen LogP contribution in [0.1, 0.15) is 22.3 Å². The number of carbonyl (C=O) groups is 1. The van der Waals surface area contributed by atoms with E-state index in [1.54, 1.807) is 0 Å². The summed E-state index contributed by atoms with van der Waals surface area (Å²) in [6, 6.07) is 17.8. The average Bonchev–Trinajstić information content (AvgIpc) is 2.53. The second-order valence-electron chi connectivity index (χ2n) is 5.03. The highest BCUT2D eigenvalue weighted by molar-refractivity contribution is 5.94. The van der Waals surface area contributed by atoms with Crippen LogP contribution in [0.3, 0.4) is 0 Å². The molecule has 0 saturated heterocycles. The first-order chi connectivity index (χ1) is 9.84. The Morgan fingerprint density at radius 2 is 1.80 bits per heavy atom. The molecule has 2 aromatic rings. The molecule has 3 heteroatoms. The van der Waals surface area contributed by atoms with Crippen molar-refractivity contribution < 1.29 is 4.79 Å². The van der Waals surface area contributed by atoms with Gasteiger partial charge in [-0.15, -0.1) is 0 Å². The number of para-hydroxylation sites is 1. The van der Waals surface area contributed by atoms with Crippen molar-refractivity contribution in [2.24, 2.45) is 0 Å². The smallest absolute Gasteiger partial charge is 0.252 e. The first kappa shape index (κ1) is 12.7. The number of carbonyl (C=O) groups excluding carboxylic acids is 1. The lowest BCUT2D eigenvalue weighted by Crippen LogP contribution is -2.40. The Labute approximate surface area is 119 Å². The molecule has 102 valence electrons. The van der Waals surface area contributed by atoms with E-state index in [-0.39, 0.29) is 5.91 Å². The summed E-state index contributed by atoms with van der Waals surface area (Å²) in [7, 11) is 0. The SMILES string of the molecule is O=C(NCN1CCCc2ccccc21)c1ccccc1. The van der Waals surface area contributed by atoms with E-state index in [1.807, 2.05) is 30.3 Å². The monoisotopic (exact) mass is 266 g/mol. The first-order valence-corrected chi connectivity index (χ1v) is 7.01. The fourth-order valence-electron chi connectivity index (χ4n) is 2.63. The molecule has 0 aliphatic carbocycles. The van der Waals surface area contributed by atoms with Gasteiger partial charge in [0, 0.05) is 17.8 Å². The third-order valence-corrected chi connectivity index (χ3v) is 3.67. The average molecular weight is 266 g/mol. The van der Waals surface area contributed by atoms with Crippen molar-refractivity contribution in [2.45, 2.75) is 12.8 Å². The molecule has 1 aliphatic rings. The minimum atomic E-state index is -0.0198. The van der Waals surface area contributed by atoms with Crippen LogP contribution in [-0.2, 0) is 6.42 Å². The molecule has 1 heterocycles. The molecule has 2 aromatic carbocycles. The molecule has 0 unspecified atom stereocenters. The maximum absolute atomic E-state index is 12.1. The van der Waals surface area contributed by atoms with Crippen molar-refractivity contribution >= 4 is 11.6 Å². The molecule has 0 spiro atoms. The largest absolute Gasteiger partial charge is 0.354 e. The van der Waals surface area contributed by atoms with Crippen LogP contribution in [0, 0.1) is 0 Å². The highest BCUT2D eigenvalue weighted by atomic mass is 16.1. The van der Waals surface area contributed by atoms with Gasteiger partial charge in [-0.25, -0.2) is 0 Å². The van der Waals surface area contributed by atoms with Crippen LogP contribution in [-0.4, -0.2) is 19.1 Å². The number of benzene rings is 2. The van der Waals surface area contributed by atoms with Gasteiger partial charge in [0.2, 0.25) is 0 Å². The third kappa shape index (κ3) is 2.67. The standard InChI is InChI=1S/C17H18N2O/c20-17(15-8-2-1-3-9-15)18-13-19-12-6-10-14-7-4-5-11-16(14)19/h1-5,7-9,11H,6,10,12-13H2,(H,18,20). The molecule has 1 N–H and O–H groups in total. The Balaban J connectivity index is 1.67. The summed E-state index contributed by atoms with van der Waals surface area (Å²) in [4.78, 5) is 14.3. The number of nitrogens with zero attached hydrogens (tertiary/aromatic N) is 1. The van der Waals surface area contributed by atoms with Crippen molar-refractivity contribution in [3.05, 3.63) is 65.7 Å². The van der Waals surface area contributed by atoms with Crippen LogP contribution < -0.4 is 10.2 Å². The number of aryl methyl sites for hydroxylation is 1. The van der Waals surface area contributed by atoms with E-state index in [0.29, 0.717) is 12.2 Å². The quantitative estimate of drug-likeness (QED) is 0.926. The highest BCUT2D eigenvalue weighted by Gasteiger charge is 2.16. The summed E-state index contributed by atoms with van der Waals surface area (Å²) in [5, 5.41) is 3.00. The van der Waals surface area contributed by atoms with Crippen molar-refractivity contribution in [1.82, 2.24) is 5.32 Å². The van der Waals surface area contributed by atoms with E-state index in [9.17, 15) is 4.79 Å². The van der Waals surface area contributed by atoms with Gasteiger partial charge in [0.15, 0.2) is 0 Å². The molecule has 0 fully saturated rings. The van der Waals surface area contributed by atoms with Crippen LogP contribution >= 0.6 is 0 Å². The summed E-state index contributed by atoms with van der Waals surface area (Å²) < 4.78 is 0. The second-order valence-corrected chi connectivity index (χ2v) is 5.03. The maximum Gasteiger partial charge on any atom is 0.252 e. The number of amides is 1. The molecular weight excluding hydrogens is 248 g/mol. The number of hydrogen-bond acceptors (Lipinski definition) is 2. The Hall–Kier alpha value is -2.29. The van der Waals surface area contributed by atoms with Gasteiger partial charge in [-0.3, -0.25) is 4.79 Å². The van der Waals surface area contributed by atoms with Gasteiger partial charge in [-0.05, 0) is 36.6 Å². The fourth-order valence-corrected chi connectivity index (χ4v) is 2.63. The highest BCUT2D eigenvalue weighted by Crippen LogP contribution is 2.25. The van der Waals surface area contributed by atoms with E-state index in [2.05, 4.69) is 34.5 Å². The predicted molar refractivity (Wildman–Crippen MR) is 80.9 cm³/mol. The Kier molecular flexibility index (Phi) is 3.68. The second kappa shape index (κ2) is 5.78. The zero-order valence-corrected chi connectivity index (χ0v) is 11.4. The normalized spacial score (nSPS) is 13.7. The van der Waals surface area contributed by atoms with Crippen molar-refractivity contribution in [3.63, 3.8) is 0 Å². The fraction of sp³-hybridized carbons (Fsp3) is 0.235. The van der Waals surface area contributed by atoms with Gasteiger partial charge in [-0.1, -0.05) is 36.4 Å². The summed E-state index contributed by atoms with van der Waals surface area (Å²) in [6.07, 6.45) is 2.26. The van der Waals surface area contributed by atoms with Crippen molar-refractivity contribution in [1.29, 1.82) is 0 Å². The van der Waals surface area contributed by atoms with Crippen LogP contribution in [0.15, 0.2) is 54.6 Å². The van der Waals surface area contributed by atoms with E-state index in [1.165, 1.54) is 11.3 Å². The van der Waals surface area contributed by atoms with Gasteiger partial charge >= 0.3 is 0 Å². The number of rotatable bonds is 3. The zero-order chi connectivity index (χ0) is 13.8. The Morgan fingerprint density at radius 3 is 2.65 bits per heavy atom. The molecule has 1 aliphatic heterocycles. The molecule has 0 bridgehead atoms. The van der Waals surface area contributed by atoms with E-state index in [4.69, 9.17) is 0 Å². The van der Waals surface area contributed by atoms with Crippen molar-refractivity contribution in [2.75, 3.05) is 18.1 Å². The predicted octanol–water partition coefficient (Wildman–Crippen LogP) is 2.83. The molecule has 3 nitrogen and oxygen atoms in total. The van der Waals surface area contributed by atoms with Crippen LogP contribution in [0.4, 0.5) is 5.69 Å². The van der Waals surface area contributed by atoms with Crippen LogP contribution in [0.25, 0.3) is 0 Å². The van der Waals surface area contributed by atoms with Gasteiger partial charge in [0.05, 0.1) is 6.67 Å². The Morgan fingerprint density at radius 1 is 1.05 bits per heavy atom. The number of fused-ring (bicyclic) bond motifs is 1. The number of anilines is 1. The van der Waals surface area contributed by atoms with Crippen LogP contribution in [0.5, 0.6) is 0 Å². The molecule has 1 amide bonds. The topological polar surface area (TPSA) is 32.3 Å². The third-order valence-electron chi connectivity index (χ3n) is 3.67. The summed E-state index contributed by atoms with van der Waals surface area (Å²) in [5.74, 6) is -0.0198. The van der Waals surface area contributed by atoms with Crippen molar-refractivity contribution in [3.8, 4) is 0 Å². The molecule has 0 aromatic heterocycles. The van der Waals surface area contributed by atoms with Gasteiger partial charge < -0.3 is 10.2 Å². The summed E-state index contributed by atoms with van der Waals surface area (Å²) >= 11 is 0.